The molecule has 0 fully saturated rings. The number of hydrogen-bond donors (Lipinski definition) is 1. The van der Waals surface area contributed by atoms with Gasteiger partial charge in [-0.2, -0.15) is 9.78 Å². The van der Waals surface area contributed by atoms with E-state index in [1.165, 1.54) is 11.8 Å². The zero-order valence-corrected chi connectivity index (χ0v) is 16.6. The summed E-state index contributed by atoms with van der Waals surface area (Å²) < 4.78 is 6.81. The molecule has 0 radical (unpaired) electrons. The van der Waals surface area contributed by atoms with Gasteiger partial charge in [-0.25, -0.2) is 0 Å². The predicted octanol–water partition coefficient (Wildman–Crippen LogP) is 4.99. The van der Waals surface area contributed by atoms with Gasteiger partial charge in [0.2, 0.25) is 0 Å². The Labute approximate surface area is 171 Å². The van der Waals surface area contributed by atoms with Crippen LogP contribution in [0, 0.1) is 6.92 Å². The molecular weight excluding hydrogens is 409 g/mol. The molecule has 0 atom stereocenters. The second kappa shape index (κ2) is 8.65. The smallest absolute Gasteiger partial charge is 0.291 e. The maximum Gasteiger partial charge on any atom is 0.291 e. The number of nitrogens with zero attached hydrogens (tertiary/aromatic N) is 2. The summed E-state index contributed by atoms with van der Waals surface area (Å²) in [6.07, 6.45) is 1.31. The fourth-order valence-corrected chi connectivity index (χ4v) is 2.86. The number of halogens is 3. The van der Waals surface area contributed by atoms with E-state index in [0.717, 1.165) is 16.1 Å². The van der Waals surface area contributed by atoms with Gasteiger partial charge in [0.05, 0.1) is 27.6 Å². The van der Waals surface area contributed by atoms with E-state index in [-0.39, 0.29) is 10.0 Å². The van der Waals surface area contributed by atoms with Crippen molar-refractivity contribution in [3.05, 3.63) is 79.6 Å². The highest BCUT2D eigenvalue weighted by atomic mass is 35.5. The van der Waals surface area contributed by atoms with Gasteiger partial charge in [0.1, 0.15) is 17.4 Å². The van der Waals surface area contributed by atoms with Gasteiger partial charge < -0.3 is 10.1 Å². The van der Waals surface area contributed by atoms with Crippen LogP contribution in [0.4, 0.5) is 5.69 Å². The second-order valence-corrected chi connectivity index (χ2v) is 6.97. The SMILES string of the molecule is Cc1ccc(OCCNc2ccc(-n3ncc(Cl)c(Cl)c3=O)cc2Cl)cc1. The summed E-state index contributed by atoms with van der Waals surface area (Å²) in [6, 6.07) is 13.0. The molecule has 0 aliphatic rings. The largest absolute Gasteiger partial charge is 0.492 e. The Hall–Kier alpha value is -2.21. The van der Waals surface area contributed by atoms with E-state index in [2.05, 4.69) is 10.4 Å². The van der Waals surface area contributed by atoms with Crippen molar-refractivity contribution in [3.63, 3.8) is 0 Å². The molecule has 1 N–H and O–H groups in total. The summed E-state index contributed by atoms with van der Waals surface area (Å²) in [5, 5.41) is 7.65. The maximum absolute atomic E-state index is 12.2. The lowest BCUT2D eigenvalue weighted by atomic mass is 10.2. The first kappa shape index (κ1) is 19.5. The third-order valence-corrected chi connectivity index (χ3v) is 4.84. The molecule has 0 aliphatic carbocycles. The molecule has 0 unspecified atom stereocenters. The first-order valence-electron chi connectivity index (χ1n) is 8.12. The highest BCUT2D eigenvalue weighted by molar-refractivity contribution is 6.41. The van der Waals surface area contributed by atoms with E-state index < -0.39 is 5.56 Å². The molecule has 2 aromatic carbocycles. The Morgan fingerprint density at radius 1 is 1.07 bits per heavy atom. The van der Waals surface area contributed by atoms with Gasteiger partial charge in [0, 0.05) is 6.54 Å². The molecule has 140 valence electrons. The minimum atomic E-state index is -0.507. The van der Waals surface area contributed by atoms with Crippen LogP contribution in [0.2, 0.25) is 15.1 Å². The van der Waals surface area contributed by atoms with Gasteiger partial charge in [-0.1, -0.05) is 52.5 Å². The van der Waals surface area contributed by atoms with Crippen molar-refractivity contribution in [2.24, 2.45) is 0 Å². The molecule has 0 bridgehead atoms. The zero-order valence-electron chi connectivity index (χ0n) is 14.4. The number of nitrogens with one attached hydrogen (secondary N) is 1. The average molecular weight is 425 g/mol. The van der Waals surface area contributed by atoms with Crippen molar-refractivity contribution >= 4 is 40.5 Å². The van der Waals surface area contributed by atoms with E-state index in [1.807, 2.05) is 31.2 Å². The second-order valence-electron chi connectivity index (χ2n) is 5.78. The van der Waals surface area contributed by atoms with Gasteiger partial charge in [0.25, 0.3) is 5.56 Å². The zero-order chi connectivity index (χ0) is 19.4. The lowest BCUT2D eigenvalue weighted by Gasteiger charge is -2.12. The number of aromatic nitrogens is 2. The molecule has 1 heterocycles. The molecule has 1 aromatic heterocycles. The van der Waals surface area contributed by atoms with Crippen molar-refractivity contribution < 1.29 is 4.74 Å². The molecule has 0 spiro atoms. The molecule has 0 amide bonds. The lowest BCUT2D eigenvalue weighted by Crippen LogP contribution is -2.21. The molecule has 0 aliphatic heterocycles. The van der Waals surface area contributed by atoms with Crippen LogP contribution in [0.15, 0.2) is 53.5 Å². The number of anilines is 1. The molecule has 0 saturated carbocycles. The Morgan fingerprint density at radius 3 is 2.52 bits per heavy atom. The predicted molar refractivity (Wildman–Crippen MR) is 110 cm³/mol. The first-order valence-corrected chi connectivity index (χ1v) is 9.25. The van der Waals surface area contributed by atoms with E-state index in [9.17, 15) is 4.79 Å². The Kier molecular flexibility index (Phi) is 6.26. The molecule has 0 saturated heterocycles. The van der Waals surface area contributed by atoms with Crippen molar-refractivity contribution in [1.82, 2.24) is 9.78 Å². The molecule has 27 heavy (non-hydrogen) atoms. The van der Waals surface area contributed by atoms with E-state index in [1.54, 1.807) is 18.2 Å². The van der Waals surface area contributed by atoms with Gasteiger partial charge in [-0.05, 0) is 37.3 Å². The highest BCUT2D eigenvalue weighted by Crippen LogP contribution is 2.25. The Morgan fingerprint density at radius 2 is 1.81 bits per heavy atom. The summed E-state index contributed by atoms with van der Waals surface area (Å²) >= 11 is 18.0. The number of hydrogen-bond acceptors (Lipinski definition) is 4. The van der Waals surface area contributed by atoms with E-state index >= 15 is 0 Å². The van der Waals surface area contributed by atoms with Crippen LogP contribution >= 0.6 is 34.8 Å². The van der Waals surface area contributed by atoms with Gasteiger partial charge in [-0.3, -0.25) is 4.79 Å². The van der Waals surface area contributed by atoms with E-state index in [4.69, 9.17) is 39.5 Å². The Bertz CT molecular complexity index is 1000. The van der Waals surface area contributed by atoms with Crippen LogP contribution in [0.5, 0.6) is 5.75 Å². The van der Waals surface area contributed by atoms with Crippen LogP contribution in [0.1, 0.15) is 5.56 Å². The number of benzene rings is 2. The van der Waals surface area contributed by atoms with Gasteiger partial charge in [0.15, 0.2) is 0 Å². The molecule has 8 heteroatoms. The van der Waals surface area contributed by atoms with Crippen LogP contribution < -0.4 is 15.6 Å². The topological polar surface area (TPSA) is 56.1 Å². The lowest BCUT2D eigenvalue weighted by molar-refractivity contribution is 0.333. The Balaban J connectivity index is 1.64. The van der Waals surface area contributed by atoms with Gasteiger partial charge >= 0.3 is 0 Å². The quantitative estimate of drug-likeness (QED) is 0.566. The monoisotopic (exact) mass is 423 g/mol. The van der Waals surface area contributed by atoms with Crippen LogP contribution in [-0.2, 0) is 0 Å². The number of rotatable bonds is 6. The van der Waals surface area contributed by atoms with Crippen molar-refractivity contribution in [3.8, 4) is 11.4 Å². The molecule has 5 nitrogen and oxygen atoms in total. The summed E-state index contributed by atoms with van der Waals surface area (Å²) in [5.41, 5.74) is 1.89. The maximum atomic E-state index is 12.2. The molecular formula is C19H16Cl3N3O2. The standard InChI is InChI=1S/C19H16Cl3N3O2/c1-12-2-5-14(6-3-12)27-9-8-23-17-7-4-13(10-15(17)20)25-19(26)18(22)16(21)11-24-25/h2-7,10-11,23H,8-9H2,1H3. The molecule has 3 aromatic rings. The highest BCUT2D eigenvalue weighted by Gasteiger charge is 2.10. The van der Waals surface area contributed by atoms with Crippen molar-refractivity contribution in [2.45, 2.75) is 6.92 Å². The van der Waals surface area contributed by atoms with E-state index in [0.29, 0.717) is 23.9 Å². The summed E-state index contributed by atoms with van der Waals surface area (Å²) in [4.78, 5) is 12.2. The number of ether oxygens (including phenoxy) is 1. The minimum Gasteiger partial charge on any atom is -0.492 e. The summed E-state index contributed by atoms with van der Waals surface area (Å²) in [5.74, 6) is 0.814. The van der Waals surface area contributed by atoms with Crippen LogP contribution in [0.3, 0.4) is 0 Å². The van der Waals surface area contributed by atoms with Crippen LogP contribution in [0.25, 0.3) is 5.69 Å². The summed E-state index contributed by atoms with van der Waals surface area (Å²) in [6.45, 7) is 3.07. The summed E-state index contributed by atoms with van der Waals surface area (Å²) in [7, 11) is 0. The first-order chi connectivity index (χ1) is 13.0. The van der Waals surface area contributed by atoms with Gasteiger partial charge in [-0.15, -0.1) is 0 Å². The van der Waals surface area contributed by atoms with Crippen molar-refractivity contribution in [1.29, 1.82) is 0 Å². The van der Waals surface area contributed by atoms with Crippen molar-refractivity contribution in [2.75, 3.05) is 18.5 Å². The third kappa shape index (κ3) is 4.75. The fourth-order valence-electron chi connectivity index (χ4n) is 2.36. The third-order valence-electron chi connectivity index (χ3n) is 3.78. The minimum absolute atomic E-state index is 0.0850. The van der Waals surface area contributed by atoms with Crippen LogP contribution in [-0.4, -0.2) is 22.9 Å². The normalized spacial score (nSPS) is 10.7. The molecule has 3 rings (SSSR count). The average Bonchev–Trinajstić information content (AvgIpc) is 2.66. The number of aryl methyl sites for hydroxylation is 1. The fraction of sp³-hybridized carbons (Fsp3) is 0.158.